The predicted molar refractivity (Wildman–Crippen MR) is 93.5 cm³/mol. The number of halogens is 2. The van der Waals surface area contributed by atoms with Crippen molar-refractivity contribution in [3.8, 4) is 0 Å². The van der Waals surface area contributed by atoms with Gasteiger partial charge in [0.1, 0.15) is 0 Å². The Hall–Kier alpha value is -1.14. The molecule has 0 bridgehead atoms. The molecule has 1 aromatic heterocycles. The average molecular weight is 371 g/mol. The lowest BCUT2D eigenvalue weighted by molar-refractivity contribution is -0.118. The third kappa shape index (κ3) is 4.23. The van der Waals surface area contributed by atoms with Gasteiger partial charge in [-0.1, -0.05) is 29.3 Å². The van der Waals surface area contributed by atoms with Crippen molar-refractivity contribution in [2.24, 2.45) is 0 Å². The molecule has 122 valence electrons. The molecule has 7 heteroatoms. The predicted octanol–water partition coefficient (Wildman–Crippen LogP) is 4.74. The summed E-state index contributed by atoms with van der Waals surface area (Å²) in [6, 6.07) is 5.32. The van der Waals surface area contributed by atoms with E-state index < -0.39 is 0 Å². The third-order valence-corrected chi connectivity index (χ3v) is 5.28. The van der Waals surface area contributed by atoms with Crippen LogP contribution in [0.15, 0.2) is 29.8 Å². The highest BCUT2D eigenvalue weighted by Crippen LogP contribution is 2.32. The largest absolute Gasteiger partial charge is 0.378 e. The summed E-state index contributed by atoms with van der Waals surface area (Å²) >= 11 is 13.5. The first-order valence-corrected chi connectivity index (χ1v) is 9.04. The summed E-state index contributed by atoms with van der Waals surface area (Å²) < 4.78 is 5.69. The Morgan fingerprint density at radius 3 is 2.96 bits per heavy atom. The number of ether oxygens (including phenoxy) is 1. The Balaban J connectivity index is 1.82. The molecular weight excluding hydrogens is 355 g/mol. The molecule has 1 fully saturated rings. The van der Waals surface area contributed by atoms with Gasteiger partial charge in [-0.2, -0.15) is 0 Å². The molecule has 2 unspecified atom stereocenters. The fourth-order valence-electron chi connectivity index (χ4n) is 2.69. The molecule has 0 radical (unpaired) electrons. The maximum Gasteiger partial charge on any atom is 0.233 e. The van der Waals surface area contributed by atoms with Crippen molar-refractivity contribution in [1.29, 1.82) is 0 Å². The van der Waals surface area contributed by atoms with Crippen molar-refractivity contribution in [2.45, 2.75) is 31.3 Å². The van der Waals surface area contributed by atoms with E-state index in [0.29, 0.717) is 21.6 Å². The number of aromatic nitrogens is 1. The first-order chi connectivity index (χ1) is 11.1. The molecule has 0 saturated carbocycles. The van der Waals surface area contributed by atoms with Gasteiger partial charge in [0.25, 0.3) is 0 Å². The summed E-state index contributed by atoms with van der Waals surface area (Å²) in [6.45, 7) is 0.757. The molecule has 4 nitrogen and oxygen atoms in total. The molecule has 23 heavy (non-hydrogen) atoms. The molecule has 1 N–H and O–H groups in total. The summed E-state index contributed by atoms with van der Waals surface area (Å²) in [5.41, 5.74) is 0.837. The van der Waals surface area contributed by atoms with Gasteiger partial charge in [0, 0.05) is 18.2 Å². The van der Waals surface area contributed by atoms with Crippen molar-refractivity contribution in [2.75, 3.05) is 11.9 Å². The van der Waals surface area contributed by atoms with Gasteiger partial charge in [-0.3, -0.25) is 4.79 Å². The van der Waals surface area contributed by atoms with Crippen molar-refractivity contribution < 1.29 is 9.53 Å². The normalized spacial score (nSPS) is 18.8. The maximum atomic E-state index is 12.7. The lowest BCUT2D eigenvalue weighted by atomic mass is 9.91. The van der Waals surface area contributed by atoms with Crippen LogP contribution in [0.25, 0.3) is 0 Å². The van der Waals surface area contributed by atoms with Crippen LogP contribution < -0.4 is 5.32 Å². The van der Waals surface area contributed by atoms with E-state index in [1.54, 1.807) is 18.3 Å². The topological polar surface area (TPSA) is 51.2 Å². The van der Waals surface area contributed by atoms with E-state index in [1.807, 2.05) is 11.4 Å². The lowest BCUT2D eigenvalue weighted by Crippen LogP contribution is -2.25. The zero-order valence-corrected chi connectivity index (χ0v) is 14.6. The number of hydrogen-bond acceptors (Lipinski definition) is 4. The fourth-order valence-corrected chi connectivity index (χ4v) is 3.53. The van der Waals surface area contributed by atoms with E-state index in [4.69, 9.17) is 27.9 Å². The van der Waals surface area contributed by atoms with Crippen LogP contribution in [-0.2, 0) is 9.53 Å². The van der Waals surface area contributed by atoms with Gasteiger partial charge in [-0.05, 0) is 37.0 Å². The minimum absolute atomic E-state index is 0.0940. The Morgan fingerprint density at radius 1 is 1.43 bits per heavy atom. The number of rotatable bonds is 5. The molecule has 1 saturated heterocycles. The van der Waals surface area contributed by atoms with E-state index in [2.05, 4.69) is 10.3 Å². The van der Waals surface area contributed by atoms with Crippen molar-refractivity contribution in [3.05, 3.63) is 45.4 Å². The Bertz CT molecular complexity index is 673. The van der Waals surface area contributed by atoms with E-state index in [9.17, 15) is 4.79 Å². The van der Waals surface area contributed by atoms with Gasteiger partial charge in [0.2, 0.25) is 5.91 Å². The molecule has 1 aromatic carbocycles. The second-order valence-electron chi connectivity index (χ2n) is 5.42. The number of hydrogen-bond donors (Lipinski definition) is 1. The van der Waals surface area contributed by atoms with Crippen LogP contribution in [0.4, 0.5) is 5.13 Å². The maximum absolute atomic E-state index is 12.7. The van der Waals surface area contributed by atoms with Gasteiger partial charge >= 0.3 is 0 Å². The van der Waals surface area contributed by atoms with Crippen LogP contribution in [0.5, 0.6) is 0 Å². The second kappa shape index (κ2) is 7.62. The third-order valence-electron chi connectivity index (χ3n) is 3.85. The van der Waals surface area contributed by atoms with Gasteiger partial charge in [-0.15, -0.1) is 11.3 Å². The van der Waals surface area contributed by atoms with Crippen LogP contribution >= 0.6 is 34.5 Å². The molecule has 2 aromatic rings. The van der Waals surface area contributed by atoms with Crippen molar-refractivity contribution >= 4 is 45.6 Å². The van der Waals surface area contributed by atoms with Crippen LogP contribution in [-0.4, -0.2) is 23.6 Å². The first kappa shape index (κ1) is 16.7. The van der Waals surface area contributed by atoms with Gasteiger partial charge in [0.15, 0.2) is 5.13 Å². The Morgan fingerprint density at radius 2 is 2.30 bits per heavy atom. The Labute approximate surface area is 148 Å². The summed E-state index contributed by atoms with van der Waals surface area (Å²) in [5.74, 6) is -0.453. The van der Waals surface area contributed by atoms with Crippen molar-refractivity contribution in [3.63, 3.8) is 0 Å². The average Bonchev–Trinajstić information content (AvgIpc) is 3.21. The van der Waals surface area contributed by atoms with Crippen LogP contribution in [0.2, 0.25) is 10.0 Å². The number of nitrogens with one attached hydrogen (secondary N) is 1. The second-order valence-corrected chi connectivity index (χ2v) is 7.13. The fraction of sp³-hybridized carbons (Fsp3) is 0.375. The van der Waals surface area contributed by atoms with Crippen LogP contribution in [0.3, 0.4) is 0 Å². The molecule has 1 aliphatic heterocycles. The van der Waals surface area contributed by atoms with Gasteiger partial charge in [0.05, 0.1) is 22.1 Å². The molecule has 0 aliphatic carbocycles. The number of nitrogens with zero attached hydrogens (tertiary/aromatic N) is 1. The van der Waals surface area contributed by atoms with Gasteiger partial charge in [-0.25, -0.2) is 4.98 Å². The molecule has 2 heterocycles. The summed E-state index contributed by atoms with van der Waals surface area (Å²) in [4.78, 5) is 16.8. The highest BCUT2D eigenvalue weighted by Gasteiger charge is 2.28. The smallest absolute Gasteiger partial charge is 0.233 e. The number of carbonyl (C=O) groups is 1. The molecule has 3 rings (SSSR count). The molecule has 0 spiro atoms. The summed E-state index contributed by atoms with van der Waals surface area (Å²) in [7, 11) is 0. The monoisotopic (exact) mass is 370 g/mol. The standard InChI is InChI=1S/C16H16Cl2N2O2S/c17-13-4-3-10(8-14(13)18)12(9-11-2-1-6-22-11)15(21)20-16-19-5-7-23-16/h3-5,7-8,11-12H,1-2,6,9H2,(H,19,20,21). The van der Waals surface area contributed by atoms with E-state index in [0.717, 1.165) is 25.0 Å². The highest BCUT2D eigenvalue weighted by atomic mass is 35.5. The van der Waals surface area contributed by atoms with Gasteiger partial charge < -0.3 is 10.1 Å². The van der Waals surface area contributed by atoms with E-state index in [1.165, 1.54) is 11.3 Å². The summed E-state index contributed by atoms with van der Waals surface area (Å²) in [6.07, 6.45) is 4.38. The number of amides is 1. The minimum atomic E-state index is -0.350. The van der Waals surface area contributed by atoms with Crippen molar-refractivity contribution in [1.82, 2.24) is 4.98 Å². The van der Waals surface area contributed by atoms with E-state index >= 15 is 0 Å². The van der Waals surface area contributed by atoms with Crippen LogP contribution in [0, 0.1) is 0 Å². The number of thiazole rings is 1. The first-order valence-electron chi connectivity index (χ1n) is 7.40. The number of carbonyl (C=O) groups excluding carboxylic acids is 1. The number of anilines is 1. The zero-order valence-electron chi connectivity index (χ0n) is 12.3. The zero-order chi connectivity index (χ0) is 16.2. The molecular formula is C16H16Cl2N2O2S. The molecule has 2 atom stereocenters. The minimum Gasteiger partial charge on any atom is -0.378 e. The van der Waals surface area contributed by atoms with Crippen LogP contribution in [0.1, 0.15) is 30.7 Å². The molecule has 1 aliphatic rings. The SMILES string of the molecule is O=C(Nc1nccs1)C(CC1CCCO1)c1ccc(Cl)c(Cl)c1. The lowest BCUT2D eigenvalue weighted by Gasteiger charge is -2.20. The molecule has 1 amide bonds. The quantitative estimate of drug-likeness (QED) is 0.826. The highest BCUT2D eigenvalue weighted by molar-refractivity contribution is 7.13. The summed E-state index contributed by atoms with van der Waals surface area (Å²) in [5, 5.41) is 6.20. The van der Waals surface area contributed by atoms with E-state index in [-0.39, 0.29) is 17.9 Å². The Kier molecular flexibility index (Phi) is 5.54. The number of benzene rings is 1.